The average molecular weight is 297 g/mol. The SMILES string of the molecule is CCOC(=O)CC1(N2CCCCCC2)CCCCC1OC. The van der Waals surface area contributed by atoms with Gasteiger partial charge in [-0.2, -0.15) is 0 Å². The van der Waals surface area contributed by atoms with Crippen LogP contribution in [0.15, 0.2) is 0 Å². The van der Waals surface area contributed by atoms with Crippen LogP contribution in [0.5, 0.6) is 0 Å². The molecule has 4 heteroatoms. The number of hydrogen-bond acceptors (Lipinski definition) is 4. The van der Waals surface area contributed by atoms with Crippen molar-refractivity contribution < 1.29 is 14.3 Å². The number of hydrogen-bond donors (Lipinski definition) is 0. The van der Waals surface area contributed by atoms with E-state index in [-0.39, 0.29) is 17.6 Å². The van der Waals surface area contributed by atoms with Gasteiger partial charge in [-0.3, -0.25) is 9.69 Å². The fraction of sp³-hybridized carbons (Fsp3) is 0.941. The predicted molar refractivity (Wildman–Crippen MR) is 83.3 cm³/mol. The van der Waals surface area contributed by atoms with Gasteiger partial charge in [-0.05, 0) is 45.7 Å². The number of methoxy groups -OCH3 is 1. The monoisotopic (exact) mass is 297 g/mol. The minimum Gasteiger partial charge on any atom is -0.466 e. The van der Waals surface area contributed by atoms with Gasteiger partial charge in [-0.15, -0.1) is 0 Å². The number of carbonyl (C=O) groups excluding carboxylic acids is 1. The van der Waals surface area contributed by atoms with Gasteiger partial charge in [0.05, 0.1) is 24.7 Å². The van der Waals surface area contributed by atoms with Gasteiger partial charge >= 0.3 is 5.97 Å². The van der Waals surface area contributed by atoms with Crippen molar-refractivity contribution in [3.63, 3.8) is 0 Å². The molecule has 0 N–H and O–H groups in total. The van der Waals surface area contributed by atoms with Crippen LogP contribution < -0.4 is 0 Å². The molecule has 2 atom stereocenters. The molecule has 0 aromatic heterocycles. The van der Waals surface area contributed by atoms with Gasteiger partial charge < -0.3 is 9.47 Å². The van der Waals surface area contributed by atoms with Crippen LogP contribution >= 0.6 is 0 Å². The first-order valence-electron chi connectivity index (χ1n) is 8.66. The van der Waals surface area contributed by atoms with E-state index in [1.807, 2.05) is 6.92 Å². The molecule has 1 heterocycles. The number of carbonyl (C=O) groups is 1. The highest BCUT2D eigenvalue weighted by Crippen LogP contribution is 2.39. The molecular formula is C17H31NO3. The fourth-order valence-electron chi connectivity index (χ4n) is 4.18. The summed E-state index contributed by atoms with van der Waals surface area (Å²) in [6, 6.07) is 0. The molecule has 21 heavy (non-hydrogen) atoms. The first-order chi connectivity index (χ1) is 10.2. The second-order valence-electron chi connectivity index (χ2n) is 6.46. The zero-order valence-corrected chi connectivity index (χ0v) is 13.7. The van der Waals surface area contributed by atoms with Gasteiger partial charge in [0.1, 0.15) is 0 Å². The maximum absolute atomic E-state index is 12.2. The smallest absolute Gasteiger partial charge is 0.307 e. The van der Waals surface area contributed by atoms with Gasteiger partial charge in [-0.1, -0.05) is 25.7 Å². The number of ether oxygens (including phenoxy) is 2. The zero-order chi connectivity index (χ0) is 15.1. The molecule has 2 unspecified atom stereocenters. The molecule has 1 saturated carbocycles. The Morgan fingerprint density at radius 3 is 2.48 bits per heavy atom. The van der Waals surface area contributed by atoms with Gasteiger partial charge in [0.15, 0.2) is 0 Å². The number of likely N-dealkylation sites (tertiary alicyclic amines) is 1. The molecule has 0 aromatic carbocycles. The quantitative estimate of drug-likeness (QED) is 0.731. The summed E-state index contributed by atoms with van der Waals surface area (Å²) in [7, 11) is 1.80. The third-order valence-corrected chi connectivity index (χ3v) is 5.20. The Kier molecular flexibility index (Phi) is 6.49. The van der Waals surface area contributed by atoms with Crippen molar-refractivity contribution in [2.24, 2.45) is 0 Å². The first kappa shape index (κ1) is 16.8. The number of rotatable bonds is 5. The lowest BCUT2D eigenvalue weighted by atomic mass is 9.75. The molecule has 122 valence electrons. The average Bonchev–Trinajstić information content (AvgIpc) is 2.77. The van der Waals surface area contributed by atoms with Crippen molar-refractivity contribution in [3.05, 3.63) is 0 Å². The third-order valence-electron chi connectivity index (χ3n) is 5.20. The van der Waals surface area contributed by atoms with Crippen molar-refractivity contribution in [3.8, 4) is 0 Å². The molecule has 2 fully saturated rings. The van der Waals surface area contributed by atoms with E-state index in [4.69, 9.17) is 9.47 Å². The molecule has 1 saturated heterocycles. The highest BCUT2D eigenvalue weighted by atomic mass is 16.5. The van der Waals surface area contributed by atoms with Crippen molar-refractivity contribution in [1.29, 1.82) is 0 Å². The summed E-state index contributed by atoms with van der Waals surface area (Å²) < 4.78 is 11.1. The summed E-state index contributed by atoms with van der Waals surface area (Å²) in [4.78, 5) is 14.8. The van der Waals surface area contributed by atoms with Crippen molar-refractivity contribution >= 4 is 5.97 Å². The fourth-order valence-corrected chi connectivity index (χ4v) is 4.18. The van der Waals surface area contributed by atoms with Gasteiger partial charge in [0.25, 0.3) is 0 Å². The lowest BCUT2D eigenvalue weighted by Gasteiger charge is -2.50. The Bertz CT molecular complexity index is 326. The van der Waals surface area contributed by atoms with E-state index in [2.05, 4.69) is 4.90 Å². The maximum Gasteiger partial charge on any atom is 0.307 e. The topological polar surface area (TPSA) is 38.8 Å². The minimum absolute atomic E-state index is 0.0642. The normalized spacial score (nSPS) is 31.6. The maximum atomic E-state index is 12.2. The van der Waals surface area contributed by atoms with E-state index < -0.39 is 0 Å². The predicted octanol–water partition coefficient (Wildman–Crippen LogP) is 3.14. The van der Waals surface area contributed by atoms with E-state index in [0.29, 0.717) is 13.0 Å². The van der Waals surface area contributed by atoms with Crippen LogP contribution in [-0.4, -0.2) is 49.3 Å². The Balaban J connectivity index is 2.20. The van der Waals surface area contributed by atoms with Crippen LogP contribution in [0.1, 0.15) is 64.7 Å². The zero-order valence-electron chi connectivity index (χ0n) is 13.7. The van der Waals surface area contributed by atoms with Gasteiger partial charge in [0, 0.05) is 7.11 Å². The van der Waals surface area contributed by atoms with Gasteiger partial charge in [-0.25, -0.2) is 0 Å². The van der Waals surface area contributed by atoms with Crippen LogP contribution in [0.2, 0.25) is 0 Å². The van der Waals surface area contributed by atoms with E-state index in [1.54, 1.807) is 7.11 Å². The summed E-state index contributed by atoms with van der Waals surface area (Å²) in [5.41, 5.74) is -0.135. The van der Waals surface area contributed by atoms with Crippen LogP contribution in [0.3, 0.4) is 0 Å². The molecule has 0 spiro atoms. The lowest BCUT2D eigenvalue weighted by Crippen LogP contribution is -2.60. The molecule has 2 aliphatic rings. The summed E-state index contributed by atoms with van der Waals surface area (Å²) in [6.07, 6.45) is 10.3. The second-order valence-corrected chi connectivity index (χ2v) is 6.46. The molecule has 1 aliphatic carbocycles. The second kappa shape index (κ2) is 8.14. The lowest BCUT2D eigenvalue weighted by molar-refractivity contribution is -0.153. The van der Waals surface area contributed by atoms with Crippen LogP contribution in [0.25, 0.3) is 0 Å². The molecule has 2 rings (SSSR count). The van der Waals surface area contributed by atoms with Crippen LogP contribution in [0.4, 0.5) is 0 Å². The highest BCUT2D eigenvalue weighted by Gasteiger charge is 2.47. The molecule has 1 aliphatic heterocycles. The standard InChI is InChI=1S/C17H31NO3/c1-3-21-16(19)14-17(11-7-6-10-15(17)20-2)18-12-8-4-5-9-13-18/h15H,3-14H2,1-2H3. The molecule has 0 aromatic rings. The van der Waals surface area contributed by atoms with E-state index in [0.717, 1.165) is 25.9 Å². The van der Waals surface area contributed by atoms with E-state index in [9.17, 15) is 4.79 Å². The van der Waals surface area contributed by atoms with Crippen molar-refractivity contribution in [1.82, 2.24) is 4.90 Å². The highest BCUT2D eigenvalue weighted by molar-refractivity contribution is 5.71. The molecule has 0 bridgehead atoms. The Hall–Kier alpha value is -0.610. The molecule has 4 nitrogen and oxygen atoms in total. The molecular weight excluding hydrogens is 266 g/mol. The van der Waals surface area contributed by atoms with Crippen molar-refractivity contribution in [2.45, 2.75) is 76.4 Å². The minimum atomic E-state index is -0.135. The molecule has 0 amide bonds. The van der Waals surface area contributed by atoms with E-state index >= 15 is 0 Å². The van der Waals surface area contributed by atoms with Crippen molar-refractivity contribution in [2.75, 3.05) is 26.8 Å². The Labute approximate surface area is 129 Å². The summed E-state index contributed by atoms with van der Waals surface area (Å²) in [5, 5.41) is 0. The summed E-state index contributed by atoms with van der Waals surface area (Å²) in [6.45, 7) is 4.54. The number of esters is 1. The number of nitrogens with zero attached hydrogens (tertiary/aromatic N) is 1. The third kappa shape index (κ3) is 3.98. The summed E-state index contributed by atoms with van der Waals surface area (Å²) in [5.74, 6) is -0.0642. The van der Waals surface area contributed by atoms with Crippen LogP contribution in [0, 0.1) is 0 Å². The summed E-state index contributed by atoms with van der Waals surface area (Å²) >= 11 is 0. The van der Waals surface area contributed by atoms with E-state index in [1.165, 1.54) is 38.5 Å². The first-order valence-corrected chi connectivity index (χ1v) is 8.66. The Morgan fingerprint density at radius 1 is 1.14 bits per heavy atom. The van der Waals surface area contributed by atoms with Crippen LogP contribution in [-0.2, 0) is 14.3 Å². The Morgan fingerprint density at radius 2 is 1.86 bits per heavy atom. The van der Waals surface area contributed by atoms with Gasteiger partial charge in [0.2, 0.25) is 0 Å². The largest absolute Gasteiger partial charge is 0.466 e. The molecule has 0 radical (unpaired) electrons.